The summed E-state index contributed by atoms with van der Waals surface area (Å²) in [5, 5.41) is 3.22. The van der Waals surface area contributed by atoms with Crippen LogP contribution in [0.25, 0.3) is 0 Å². The second-order valence-electron chi connectivity index (χ2n) is 10.5. The fourth-order valence-electron chi connectivity index (χ4n) is 6.64. The van der Waals surface area contributed by atoms with E-state index in [9.17, 15) is 8.42 Å². The SMILES string of the molecule is Cc1c(Cl)cccc1S(=O)(=O)N(CC(C)C)c1nc(C23CC4CC(CC(C4)C2)C3)cs1. The molecule has 0 spiro atoms. The van der Waals surface area contributed by atoms with Gasteiger partial charge in [-0.15, -0.1) is 11.3 Å². The Morgan fingerprint density at radius 3 is 2.35 bits per heavy atom. The summed E-state index contributed by atoms with van der Waals surface area (Å²) in [4.78, 5) is 5.30. The number of hydrogen-bond donors (Lipinski definition) is 0. The lowest BCUT2D eigenvalue weighted by Gasteiger charge is -2.56. The third-order valence-electron chi connectivity index (χ3n) is 7.60. The molecule has 31 heavy (non-hydrogen) atoms. The van der Waals surface area contributed by atoms with Gasteiger partial charge in [0.1, 0.15) is 0 Å². The summed E-state index contributed by atoms with van der Waals surface area (Å²) < 4.78 is 29.0. The first-order valence-corrected chi connectivity index (χ1v) is 14.1. The van der Waals surface area contributed by atoms with Crippen LogP contribution in [-0.2, 0) is 15.4 Å². The molecule has 1 aromatic carbocycles. The van der Waals surface area contributed by atoms with Crippen molar-refractivity contribution in [2.75, 3.05) is 10.8 Å². The maximum Gasteiger partial charge on any atom is 0.266 e. The molecule has 0 radical (unpaired) electrons. The molecule has 0 amide bonds. The van der Waals surface area contributed by atoms with Crippen molar-refractivity contribution in [2.24, 2.45) is 23.7 Å². The molecule has 168 valence electrons. The van der Waals surface area contributed by atoms with Crippen LogP contribution in [0.2, 0.25) is 5.02 Å². The lowest BCUT2D eigenvalue weighted by Crippen LogP contribution is -2.48. The predicted molar refractivity (Wildman–Crippen MR) is 128 cm³/mol. The van der Waals surface area contributed by atoms with E-state index in [1.165, 1.54) is 54.2 Å². The summed E-state index contributed by atoms with van der Waals surface area (Å²) >= 11 is 7.74. The van der Waals surface area contributed by atoms with E-state index in [1.54, 1.807) is 25.1 Å². The first-order chi connectivity index (χ1) is 14.7. The fraction of sp³-hybridized carbons (Fsp3) is 0.625. The van der Waals surface area contributed by atoms with E-state index in [-0.39, 0.29) is 16.2 Å². The first kappa shape index (κ1) is 21.7. The van der Waals surface area contributed by atoms with Gasteiger partial charge in [0.05, 0.1) is 10.6 Å². The van der Waals surface area contributed by atoms with E-state index in [4.69, 9.17) is 16.6 Å². The van der Waals surface area contributed by atoms with Gasteiger partial charge in [-0.1, -0.05) is 31.5 Å². The van der Waals surface area contributed by atoms with Crippen molar-refractivity contribution in [2.45, 2.75) is 69.6 Å². The van der Waals surface area contributed by atoms with Gasteiger partial charge in [-0.3, -0.25) is 0 Å². The maximum absolute atomic E-state index is 13.7. The number of sulfonamides is 1. The molecule has 0 aliphatic heterocycles. The van der Waals surface area contributed by atoms with E-state index in [2.05, 4.69) is 5.38 Å². The monoisotopic (exact) mass is 478 g/mol. The molecule has 4 aliphatic rings. The second-order valence-corrected chi connectivity index (χ2v) is 13.6. The number of aromatic nitrogens is 1. The molecule has 0 saturated heterocycles. The molecule has 0 N–H and O–H groups in total. The average molecular weight is 479 g/mol. The third-order valence-corrected chi connectivity index (χ3v) is 10.9. The highest BCUT2D eigenvalue weighted by atomic mass is 35.5. The van der Waals surface area contributed by atoms with Crippen LogP contribution in [0.15, 0.2) is 28.5 Å². The van der Waals surface area contributed by atoms with E-state index in [1.807, 2.05) is 13.8 Å². The Bertz CT molecular complexity index is 1060. The van der Waals surface area contributed by atoms with Gasteiger partial charge < -0.3 is 0 Å². The molecule has 4 fully saturated rings. The molecule has 4 bridgehead atoms. The number of benzene rings is 1. The summed E-state index contributed by atoms with van der Waals surface area (Å²) in [6.45, 7) is 6.26. The van der Waals surface area contributed by atoms with Gasteiger partial charge in [0.2, 0.25) is 0 Å². The summed E-state index contributed by atoms with van der Waals surface area (Å²) in [6, 6.07) is 5.09. The molecule has 1 aromatic heterocycles. The van der Waals surface area contributed by atoms with Gasteiger partial charge in [0.25, 0.3) is 10.0 Å². The van der Waals surface area contributed by atoms with Crippen molar-refractivity contribution < 1.29 is 8.42 Å². The molecule has 0 atom stereocenters. The normalized spacial score (nSPS) is 29.6. The van der Waals surface area contributed by atoms with Gasteiger partial charge in [-0.2, -0.15) is 0 Å². The summed E-state index contributed by atoms with van der Waals surface area (Å²) in [6.07, 6.45) is 7.85. The van der Waals surface area contributed by atoms with E-state index >= 15 is 0 Å². The Kier molecular flexibility index (Phi) is 5.42. The zero-order valence-electron chi connectivity index (χ0n) is 18.5. The van der Waals surface area contributed by atoms with Crippen LogP contribution >= 0.6 is 22.9 Å². The number of nitrogens with zero attached hydrogens (tertiary/aromatic N) is 2. The Balaban J connectivity index is 1.53. The Morgan fingerprint density at radius 1 is 1.16 bits per heavy atom. The molecule has 2 aromatic rings. The summed E-state index contributed by atoms with van der Waals surface area (Å²) in [5.74, 6) is 2.68. The smallest absolute Gasteiger partial charge is 0.241 e. The minimum Gasteiger partial charge on any atom is -0.241 e. The van der Waals surface area contributed by atoms with Crippen LogP contribution in [0.1, 0.15) is 63.6 Å². The molecule has 4 aliphatic carbocycles. The molecule has 4 saturated carbocycles. The molecular weight excluding hydrogens is 448 g/mol. The zero-order valence-corrected chi connectivity index (χ0v) is 20.9. The highest BCUT2D eigenvalue weighted by Crippen LogP contribution is 2.60. The van der Waals surface area contributed by atoms with Crippen LogP contribution in [0, 0.1) is 30.6 Å². The van der Waals surface area contributed by atoms with Crippen molar-refractivity contribution in [3.8, 4) is 0 Å². The Labute approximate surface area is 195 Å². The molecule has 0 unspecified atom stereocenters. The van der Waals surface area contributed by atoms with Crippen LogP contribution in [-0.4, -0.2) is 19.9 Å². The lowest BCUT2D eigenvalue weighted by molar-refractivity contribution is -0.00689. The van der Waals surface area contributed by atoms with Crippen LogP contribution in [0.4, 0.5) is 5.13 Å². The van der Waals surface area contributed by atoms with E-state index < -0.39 is 10.0 Å². The number of anilines is 1. The summed E-state index contributed by atoms with van der Waals surface area (Å²) in [7, 11) is -3.75. The molecule has 7 heteroatoms. The topological polar surface area (TPSA) is 50.3 Å². The van der Waals surface area contributed by atoms with Crippen molar-refractivity contribution in [3.05, 3.63) is 39.9 Å². The minimum absolute atomic E-state index is 0.169. The number of halogens is 1. The number of hydrogen-bond acceptors (Lipinski definition) is 4. The zero-order chi connectivity index (χ0) is 22.0. The molecular formula is C24H31ClN2O2S2. The Morgan fingerprint density at radius 2 is 1.77 bits per heavy atom. The highest BCUT2D eigenvalue weighted by molar-refractivity contribution is 7.93. The van der Waals surface area contributed by atoms with Gasteiger partial charge in [0, 0.05) is 22.4 Å². The van der Waals surface area contributed by atoms with E-state index in [0.29, 0.717) is 22.3 Å². The van der Waals surface area contributed by atoms with Crippen LogP contribution in [0.5, 0.6) is 0 Å². The van der Waals surface area contributed by atoms with Gasteiger partial charge in [0.15, 0.2) is 5.13 Å². The number of rotatable bonds is 6. The van der Waals surface area contributed by atoms with Crippen molar-refractivity contribution >= 4 is 38.1 Å². The number of thiazole rings is 1. The predicted octanol–water partition coefficient (Wildman–Crippen LogP) is 6.42. The quantitative estimate of drug-likeness (QED) is 0.481. The maximum atomic E-state index is 13.7. The Hall–Kier alpha value is -1.11. The molecule has 6 rings (SSSR count). The van der Waals surface area contributed by atoms with Crippen LogP contribution < -0.4 is 4.31 Å². The second kappa shape index (κ2) is 7.74. The fourth-order valence-corrected chi connectivity index (χ4v) is 9.89. The van der Waals surface area contributed by atoms with Gasteiger partial charge >= 0.3 is 0 Å². The van der Waals surface area contributed by atoms with Gasteiger partial charge in [-0.25, -0.2) is 17.7 Å². The average Bonchev–Trinajstić information content (AvgIpc) is 3.17. The van der Waals surface area contributed by atoms with Crippen molar-refractivity contribution in [3.63, 3.8) is 0 Å². The summed E-state index contributed by atoms with van der Waals surface area (Å²) in [5.41, 5.74) is 1.90. The first-order valence-electron chi connectivity index (χ1n) is 11.4. The van der Waals surface area contributed by atoms with Crippen molar-refractivity contribution in [1.82, 2.24) is 4.98 Å². The standard InChI is InChI=1S/C24H31ClN2O2S2/c1-15(2)13-27(31(28,29)21-6-4-5-20(25)16(21)3)23-26-22(14-30-23)24-10-17-7-18(11-24)9-19(8-17)12-24/h4-6,14-15,17-19H,7-13H2,1-3H3. The largest absolute Gasteiger partial charge is 0.266 e. The molecule has 1 heterocycles. The van der Waals surface area contributed by atoms with Crippen molar-refractivity contribution in [1.29, 1.82) is 0 Å². The van der Waals surface area contributed by atoms with E-state index in [0.717, 1.165) is 23.4 Å². The van der Waals surface area contributed by atoms with Gasteiger partial charge in [-0.05, 0) is 86.8 Å². The minimum atomic E-state index is -3.75. The lowest BCUT2D eigenvalue weighted by atomic mass is 9.49. The molecule has 4 nitrogen and oxygen atoms in total. The third kappa shape index (κ3) is 3.72. The highest BCUT2D eigenvalue weighted by Gasteiger charge is 2.52. The van der Waals surface area contributed by atoms with Crippen LogP contribution in [0.3, 0.4) is 0 Å².